The molecule has 0 amide bonds. The number of alkyl halides is 1. The predicted octanol–water partition coefficient (Wildman–Crippen LogP) is 2.96. The topological polar surface area (TPSA) is 18.5 Å². The summed E-state index contributed by atoms with van der Waals surface area (Å²) in [4.78, 5) is 0. The van der Waals surface area contributed by atoms with Crippen molar-refractivity contribution in [3.8, 4) is 0 Å². The van der Waals surface area contributed by atoms with Gasteiger partial charge in [-0.2, -0.15) is 0 Å². The van der Waals surface area contributed by atoms with Gasteiger partial charge in [0, 0.05) is 0 Å². The van der Waals surface area contributed by atoms with E-state index in [0.717, 1.165) is 0 Å². The van der Waals surface area contributed by atoms with Gasteiger partial charge in [-0.3, -0.25) is 0 Å². The summed E-state index contributed by atoms with van der Waals surface area (Å²) in [7, 11) is -0.198. The molecular weight excluding hydrogens is 243 g/mol. The maximum absolute atomic E-state index is 5.86. The minimum absolute atomic E-state index is 0.119. The van der Waals surface area contributed by atoms with Crippen molar-refractivity contribution in [3.05, 3.63) is 12.2 Å². The molecule has 0 N–H and O–H groups in total. The lowest BCUT2D eigenvalue weighted by molar-refractivity contribution is 0.00578. The molecule has 1 saturated heterocycles. The second-order valence-corrected chi connectivity index (χ2v) is 5.65. The number of halogens is 1. The smallest absolute Gasteiger partial charge is 0.402 e. The molecule has 0 bridgehead atoms. The quantitative estimate of drug-likeness (QED) is 0.432. The molecule has 0 radical (unpaired) electrons. The Morgan fingerprint density at radius 3 is 1.93 bits per heavy atom. The van der Waals surface area contributed by atoms with E-state index in [2.05, 4.69) is 43.6 Å². The Hall–Kier alpha value is 0.205. The highest BCUT2D eigenvalue weighted by Gasteiger charge is 2.52. The zero-order chi connectivity index (χ0) is 11.0. The average molecular weight is 261 g/mol. The molecule has 1 atom stereocenters. The van der Waals surface area contributed by atoms with Crippen LogP contribution in [0.1, 0.15) is 34.6 Å². The van der Waals surface area contributed by atoms with E-state index in [-0.39, 0.29) is 23.0 Å². The van der Waals surface area contributed by atoms with Gasteiger partial charge in [-0.05, 0) is 34.6 Å². The van der Waals surface area contributed by atoms with Crippen molar-refractivity contribution in [1.82, 2.24) is 0 Å². The molecule has 0 aliphatic carbocycles. The Morgan fingerprint density at radius 1 is 1.14 bits per heavy atom. The summed E-state index contributed by atoms with van der Waals surface area (Å²) in [5, 5.41) is 0. The predicted molar refractivity (Wildman–Crippen MR) is 63.6 cm³/mol. The fourth-order valence-corrected chi connectivity index (χ4v) is 1.81. The van der Waals surface area contributed by atoms with Gasteiger partial charge in [-0.15, -0.1) is 0 Å². The highest BCUT2D eigenvalue weighted by Crippen LogP contribution is 2.38. The van der Waals surface area contributed by atoms with Gasteiger partial charge >= 0.3 is 7.12 Å². The second kappa shape index (κ2) is 3.99. The maximum atomic E-state index is 5.86. The van der Waals surface area contributed by atoms with Crippen LogP contribution < -0.4 is 0 Å². The van der Waals surface area contributed by atoms with Crippen LogP contribution in [0.2, 0.25) is 0 Å². The van der Waals surface area contributed by atoms with Gasteiger partial charge in [-0.1, -0.05) is 28.1 Å². The highest BCUT2D eigenvalue weighted by atomic mass is 79.9. The molecule has 0 saturated carbocycles. The van der Waals surface area contributed by atoms with Crippen LogP contribution in [0.4, 0.5) is 0 Å². The molecular formula is C10H18BBrO2. The molecule has 1 aliphatic rings. The van der Waals surface area contributed by atoms with Crippen LogP contribution in [0.3, 0.4) is 0 Å². The zero-order valence-corrected chi connectivity index (χ0v) is 11.1. The van der Waals surface area contributed by atoms with Crippen LogP contribution in [0, 0.1) is 0 Å². The summed E-state index contributed by atoms with van der Waals surface area (Å²) >= 11 is 3.53. The van der Waals surface area contributed by atoms with Crippen LogP contribution in [-0.4, -0.2) is 23.0 Å². The molecule has 1 unspecified atom stereocenters. The second-order valence-electron chi connectivity index (χ2n) is 4.59. The summed E-state index contributed by atoms with van der Waals surface area (Å²) in [5.41, 5.74) is -0.490. The molecule has 2 nitrogen and oxygen atoms in total. The van der Waals surface area contributed by atoms with Crippen LogP contribution in [-0.2, 0) is 9.31 Å². The third kappa shape index (κ3) is 2.23. The first-order valence-electron chi connectivity index (χ1n) is 4.93. The first-order valence-corrected chi connectivity index (χ1v) is 5.84. The minimum atomic E-state index is -0.245. The number of hydrogen-bond donors (Lipinski definition) is 0. The molecule has 1 fully saturated rings. The monoisotopic (exact) mass is 260 g/mol. The van der Waals surface area contributed by atoms with Gasteiger partial charge in [0.2, 0.25) is 0 Å². The number of rotatable bonds is 2. The van der Waals surface area contributed by atoms with Crippen molar-refractivity contribution in [2.75, 3.05) is 0 Å². The van der Waals surface area contributed by atoms with Crippen molar-refractivity contribution >= 4 is 23.0 Å². The third-order valence-corrected chi connectivity index (χ3v) is 3.64. The summed E-state index contributed by atoms with van der Waals surface area (Å²) in [6.45, 7) is 10.2. The molecule has 1 rings (SSSR count). The minimum Gasteiger partial charge on any atom is -0.402 e. The van der Waals surface area contributed by atoms with Gasteiger partial charge < -0.3 is 9.31 Å². The number of hydrogen-bond acceptors (Lipinski definition) is 2. The summed E-state index contributed by atoms with van der Waals surface area (Å²) in [6.07, 6.45) is 4.02. The SMILES string of the molecule is C/C=C/C(Br)B1OC(C)(C)C(C)(C)O1. The average Bonchev–Trinajstić information content (AvgIpc) is 2.22. The van der Waals surface area contributed by atoms with E-state index in [1.165, 1.54) is 0 Å². The fourth-order valence-electron chi connectivity index (χ4n) is 1.29. The van der Waals surface area contributed by atoms with E-state index in [1.54, 1.807) is 0 Å². The zero-order valence-electron chi connectivity index (χ0n) is 9.50. The molecule has 0 aromatic rings. The van der Waals surface area contributed by atoms with Crippen LogP contribution in [0.15, 0.2) is 12.2 Å². The lowest BCUT2D eigenvalue weighted by Crippen LogP contribution is -2.41. The Bertz CT molecular complexity index is 222. The van der Waals surface area contributed by atoms with Crippen LogP contribution >= 0.6 is 15.9 Å². The Balaban J connectivity index is 2.72. The first kappa shape index (κ1) is 12.3. The van der Waals surface area contributed by atoms with E-state index >= 15 is 0 Å². The normalized spacial score (nSPS) is 27.1. The van der Waals surface area contributed by atoms with Crippen molar-refractivity contribution in [2.24, 2.45) is 0 Å². The van der Waals surface area contributed by atoms with E-state index < -0.39 is 0 Å². The lowest BCUT2D eigenvalue weighted by Gasteiger charge is -2.32. The highest BCUT2D eigenvalue weighted by molar-refractivity contribution is 9.10. The molecule has 14 heavy (non-hydrogen) atoms. The Labute approximate surface area is 95.3 Å². The molecule has 1 heterocycles. The molecule has 4 heteroatoms. The van der Waals surface area contributed by atoms with E-state index in [0.29, 0.717) is 0 Å². The fraction of sp³-hybridized carbons (Fsp3) is 0.800. The lowest BCUT2D eigenvalue weighted by atomic mass is 9.84. The number of allylic oxidation sites excluding steroid dienone is 2. The van der Waals surface area contributed by atoms with E-state index in [1.807, 2.05) is 19.1 Å². The van der Waals surface area contributed by atoms with Crippen molar-refractivity contribution in [2.45, 2.75) is 50.5 Å². The van der Waals surface area contributed by atoms with Crippen molar-refractivity contribution in [3.63, 3.8) is 0 Å². The molecule has 0 aromatic carbocycles. The van der Waals surface area contributed by atoms with Crippen LogP contribution in [0.5, 0.6) is 0 Å². The van der Waals surface area contributed by atoms with Gasteiger partial charge in [0.1, 0.15) is 0 Å². The van der Waals surface area contributed by atoms with Crippen molar-refractivity contribution < 1.29 is 9.31 Å². The summed E-state index contributed by atoms with van der Waals surface area (Å²) in [5.74, 6) is 0. The van der Waals surface area contributed by atoms with Crippen LogP contribution in [0.25, 0.3) is 0 Å². The van der Waals surface area contributed by atoms with E-state index in [9.17, 15) is 0 Å². The Morgan fingerprint density at radius 2 is 1.57 bits per heavy atom. The van der Waals surface area contributed by atoms with E-state index in [4.69, 9.17) is 9.31 Å². The summed E-state index contributed by atoms with van der Waals surface area (Å²) in [6, 6.07) is 0. The standard InChI is InChI=1S/C10H18BBrO2/c1-6-7-8(12)11-13-9(2,3)10(4,5)14-11/h6-8H,1-5H3/b7-6+. The largest absolute Gasteiger partial charge is 0.476 e. The molecule has 1 aliphatic heterocycles. The van der Waals surface area contributed by atoms with Gasteiger partial charge in [0.25, 0.3) is 0 Å². The third-order valence-electron chi connectivity index (χ3n) is 2.91. The first-order chi connectivity index (χ1) is 6.30. The maximum Gasteiger partial charge on any atom is 0.476 e. The molecule has 80 valence electrons. The van der Waals surface area contributed by atoms with Gasteiger partial charge in [0.05, 0.1) is 15.9 Å². The van der Waals surface area contributed by atoms with Gasteiger partial charge in [0.15, 0.2) is 0 Å². The molecule has 0 spiro atoms. The van der Waals surface area contributed by atoms with Crippen molar-refractivity contribution in [1.29, 1.82) is 0 Å². The molecule has 0 aromatic heterocycles. The Kier molecular flexibility index (Phi) is 3.50. The van der Waals surface area contributed by atoms with Gasteiger partial charge in [-0.25, -0.2) is 0 Å². The summed E-state index contributed by atoms with van der Waals surface area (Å²) < 4.78 is 11.8.